The maximum atomic E-state index is 12.7. The van der Waals surface area contributed by atoms with Gasteiger partial charge in [-0.3, -0.25) is 9.69 Å². The number of nitrogens with zero attached hydrogens (tertiary/aromatic N) is 1. The Balaban J connectivity index is 1.69. The number of carbonyl (C=O) groups excluding carboxylic acids is 1. The first-order valence-corrected chi connectivity index (χ1v) is 9.57. The molecule has 2 fully saturated rings. The van der Waals surface area contributed by atoms with Gasteiger partial charge in [0.25, 0.3) is 0 Å². The van der Waals surface area contributed by atoms with Crippen LogP contribution in [0.25, 0.3) is 0 Å². The van der Waals surface area contributed by atoms with Gasteiger partial charge in [0, 0.05) is 24.1 Å². The van der Waals surface area contributed by atoms with E-state index in [2.05, 4.69) is 34.6 Å². The van der Waals surface area contributed by atoms with Crippen LogP contribution >= 0.6 is 0 Å². The van der Waals surface area contributed by atoms with Gasteiger partial charge in [0.2, 0.25) is 5.91 Å². The van der Waals surface area contributed by atoms with E-state index in [1.165, 1.54) is 18.4 Å². The Morgan fingerprint density at radius 2 is 2.12 bits per heavy atom. The third kappa shape index (κ3) is 4.53. The first-order valence-electron chi connectivity index (χ1n) is 9.57. The van der Waals surface area contributed by atoms with E-state index in [4.69, 9.17) is 4.74 Å². The Hall–Kier alpha value is -1.59. The van der Waals surface area contributed by atoms with Gasteiger partial charge in [-0.1, -0.05) is 18.2 Å². The zero-order valence-corrected chi connectivity index (χ0v) is 15.5. The van der Waals surface area contributed by atoms with Crippen molar-refractivity contribution in [2.24, 2.45) is 5.92 Å². The molecule has 5 heteroatoms. The van der Waals surface area contributed by atoms with Crippen molar-refractivity contribution in [3.63, 3.8) is 0 Å². The van der Waals surface area contributed by atoms with Crippen molar-refractivity contribution in [2.75, 3.05) is 33.3 Å². The molecule has 1 unspecified atom stereocenters. The third-order valence-electron chi connectivity index (χ3n) is 5.54. The van der Waals surface area contributed by atoms with Crippen LogP contribution in [0.15, 0.2) is 24.3 Å². The number of rotatable bonds is 6. The molecule has 0 saturated carbocycles. The second-order valence-electron chi connectivity index (χ2n) is 7.32. The molecule has 0 bridgehead atoms. The Morgan fingerprint density at radius 3 is 2.84 bits per heavy atom. The minimum absolute atomic E-state index is 0.133. The lowest BCUT2D eigenvalue weighted by Crippen LogP contribution is -2.44. The van der Waals surface area contributed by atoms with E-state index in [0.717, 1.165) is 38.2 Å². The van der Waals surface area contributed by atoms with E-state index < -0.39 is 0 Å². The number of ether oxygens (including phenoxy) is 1. The number of nitrogens with one attached hydrogen (secondary N) is 2. The number of methoxy groups -OCH3 is 1. The number of carbonyl (C=O) groups is 1. The molecule has 2 aliphatic rings. The van der Waals surface area contributed by atoms with E-state index in [0.29, 0.717) is 12.6 Å². The topological polar surface area (TPSA) is 53.6 Å². The number of amides is 1. The summed E-state index contributed by atoms with van der Waals surface area (Å²) >= 11 is 0. The predicted molar refractivity (Wildman–Crippen MR) is 99.7 cm³/mol. The summed E-state index contributed by atoms with van der Waals surface area (Å²) in [5.41, 5.74) is 1.17. The van der Waals surface area contributed by atoms with Gasteiger partial charge < -0.3 is 15.4 Å². The number of benzene rings is 1. The average molecular weight is 345 g/mol. The van der Waals surface area contributed by atoms with Crippen molar-refractivity contribution in [1.29, 1.82) is 0 Å². The molecule has 138 valence electrons. The molecule has 1 amide bonds. The van der Waals surface area contributed by atoms with Crippen LogP contribution in [-0.2, 0) is 4.79 Å². The zero-order valence-electron chi connectivity index (χ0n) is 15.5. The SMILES string of the molecule is COc1ccccc1C(CNC(=O)[C@H]1CCN[C@@H](C)C1)N1CCCC1. The van der Waals surface area contributed by atoms with Gasteiger partial charge in [0.15, 0.2) is 0 Å². The average Bonchev–Trinajstić information content (AvgIpc) is 3.16. The summed E-state index contributed by atoms with van der Waals surface area (Å²) in [7, 11) is 1.72. The van der Waals surface area contributed by atoms with Gasteiger partial charge in [0.05, 0.1) is 13.2 Å². The Bertz CT molecular complexity index is 572. The fourth-order valence-corrected chi connectivity index (χ4v) is 4.14. The normalized spacial score (nSPS) is 25.5. The van der Waals surface area contributed by atoms with Crippen LogP contribution in [0, 0.1) is 5.92 Å². The largest absolute Gasteiger partial charge is 0.496 e. The van der Waals surface area contributed by atoms with E-state index in [1.807, 2.05) is 12.1 Å². The predicted octanol–water partition coefficient (Wildman–Crippen LogP) is 2.34. The van der Waals surface area contributed by atoms with Crippen LogP contribution in [0.5, 0.6) is 5.75 Å². The van der Waals surface area contributed by atoms with Crippen molar-refractivity contribution in [3.05, 3.63) is 29.8 Å². The van der Waals surface area contributed by atoms with Gasteiger partial charge in [0.1, 0.15) is 5.75 Å². The Kier molecular flexibility index (Phi) is 6.32. The van der Waals surface area contributed by atoms with Crippen molar-refractivity contribution in [3.8, 4) is 5.75 Å². The van der Waals surface area contributed by atoms with Crippen LogP contribution < -0.4 is 15.4 Å². The Labute approximate surface area is 151 Å². The summed E-state index contributed by atoms with van der Waals surface area (Å²) in [5, 5.41) is 6.65. The minimum atomic E-state index is 0.133. The molecular weight excluding hydrogens is 314 g/mol. The molecule has 25 heavy (non-hydrogen) atoms. The molecule has 2 heterocycles. The van der Waals surface area contributed by atoms with Crippen LogP contribution in [0.1, 0.15) is 44.2 Å². The molecule has 5 nitrogen and oxygen atoms in total. The molecule has 3 rings (SSSR count). The van der Waals surface area contributed by atoms with E-state index in [1.54, 1.807) is 7.11 Å². The van der Waals surface area contributed by atoms with Gasteiger partial charge in [-0.15, -0.1) is 0 Å². The first-order chi connectivity index (χ1) is 12.2. The maximum Gasteiger partial charge on any atom is 0.223 e. The summed E-state index contributed by atoms with van der Waals surface area (Å²) in [6, 6.07) is 8.79. The highest BCUT2D eigenvalue weighted by Crippen LogP contribution is 2.31. The third-order valence-corrected chi connectivity index (χ3v) is 5.54. The summed E-state index contributed by atoms with van der Waals surface area (Å²) in [4.78, 5) is 15.1. The van der Waals surface area contributed by atoms with Crippen LogP contribution in [0.4, 0.5) is 0 Å². The van der Waals surface area contributed by atoms with Crippen LogP contribution in [-0.4, -0.2) is 50.1 Å². The number of hydrogen-bond acceptors (Lipinski definition) is 4. The van der Waals surface area contributed by atoms with Gasteiger partial charge >= 0.3 is 0 Å². The molecule has 3 atom stereocenters. The van der Waals surface area contributed by atoms with Crippen molar-refractivity contribution < 1.29 is 9.53 Å². The number of likely N-dealkylation sites (tertiary alicyclic amines) is 1. The van der Waals surface area contributed by atoms with Gasteiger partial charge in [-0.25, -0.2) is 0 Å². The summed E-state index contributed by atoms with van der Waals surface area (Å²) in [6.45, 7) is 5.91. The molecule has 1 aromatic rings. The van der Waals surface area contributed by atoms with Crippen molar-refractivity contribution in [1.82, 2.24) is 15.5 Å². The van der Waals surface area contributed by atoms with Gasteiger partial charge in [-0.2, -0.15) is 0 Å². The standard InChI is InChI=1S/C20H31N3O2/c1-15-13-16(9-10-21-15)20(24)22-14-18(23-11-5-6-12-23)17-7-3-4-8-19(17)25-2/h3-4,7-8,15-16,18,21H,5-6,9-14H2,1-2H3,(H,22,24)/t15-,16-,18?/m0/s1. The fraction of sp³-hybridized carbons (Fsp3) is 0.650. The fourth-order valence-electron chi connectivity index (χ4n) is 4.14. The van der Waals surface area contributed by atoms with Crippen molar-refractivity contribution >= 4 is 5.91 Å². The quantitative estimate of drug-likeness (QED) is 0.831. The monoisotopic (exact) mass is 345 g/mol. The Morgan fingerprint density at radius 1 is 1.36 bits per heavy atom. The van der Waals surface area contributed by atoms with Crippen molar-refractivity contribution in [2.45, 2.75) is 44.7 Å². The summed E-state index contributed by atoms with van der Waals surface area (Å²) < 4.78 is 5.58. The highest BCUT2D eigenvalue weighted by atomic mass is 16.5. The molecule has 2 aliphatic heterocycles. The lowest BCUT2D eigenvalue weighted by Gasteiger charge is -2.31. The first kappa shape index (κ1) is 18.2. The molecule has 0 radical (unpaired) electrons. The van der Waals surface area contributed by atoms with E-state index >= 15 is 0 Å². The smallest absolute Gasteiger partial charge is 0.223 e. The lowest BCUT2D eigenvalue weighted by molar-refractivity contribution is -0.126. The zero-order chi connectivity index (χ0) is 17.6. The highest BCUT2D eigenvalue weighted by Gasteiger charge is 2.29. The minimum Gasteiger partial charge on any atom is -0.496 e. The second-order valence-corrected chi connectivity index (χ2v) is 7.32. The molecule has 0 aliphatic carbocycles. The molecule has 2 saturated heterocycles. The maximum absolute atomic E-state index is 12.7. The molecule has 0 spiro atoms. The highest BCUT2D eigenvalue weighted by molar-refractivity contribution is 5.78. The van der Waals surface area contributed by atoms with Crippen LogP contribution in [0.2, 0.25) is 0 Å². The van der Waals surface area contributed by atoms with E-state index in [-0.39, 0.29) is 17.9 Å². The number of para-hydroxylation sites is 1. The second kappa shape index (κ2) is 8.68. The lowest BCUT2D eigenvalue weighted by atomic mass is 9.92. The molecule has 0 aromatic heterocycles. The molecule has 2 N–H and O–H groups in total. The van der Waals surface area contributed by atoms with Gasteiger partial charge in [-0.05, 0) is 58.3 Å². The summed E-state index contributed by atoms with van der Waals surface area (Å²) in [5.74, 6) is 1.24. The van der Waals surface area contributed by atoms with E-state index in [9.17, 15) is 4.79 Å². The number of piperidine rings is 1. The van der Waals surface area contributed by atoms with Crippen LogP contribution in [0.3, 0.4) is 0 Å². The number of hydrogen-bond donors (Lipinski definition) is 2. The molecule has 1 aromatic carbocycles. The molecular formula is C20H31N3O2. The summed E-state index contributed by atoms with van der Waals surface area (Å²) in [6.07, 6.45) is 4.31.